The molecule has 3 heteroatoms. The second kappa shape index (κ2) is 12.0. The Hall–Kier alpha value is -7.59. The molecule has 0 atom stereocenters. The van der Waals surface area contributed by atoms with Crippen LogP contribution in [0.1, 0.15) is 22.3 Å². The highest BCUT2D eigenvalue weighted by Gasteiger charge is 2.12. The van der Waals surface area contributed by atoms with Crippen molar-refractivity contribution in [1.82, 2.24) is 15.0 Å². The summed E-state index contributed by atoms with van der Waals surface area (Å²) < 4.78 is 0. The Morgan fingerprint density at radius 2 is 0.685 bits per heavy atom. The zero-order chi connectivity index (χ0) is 35.6. The molecule has 3 aromatic heterocycles. The average Bonchev–Trinajstić information content (AvgIpc) is 3.24. The lowest BCUT2D eigenvalue weighted by atomic mass is 9.92. The van der Waals surface area contributed by atoms with Gasteiger partial charge in [-0.25, -0.2) is 4.98 Å². The topological polar surface area (TPSA) is 38.7 Å². The van der Waals surface area contributed by atoms with Crippen LogP contribution in [0.2, 0.25) is 0 Å². The van der Waals surface area contributed by atoms with Gasteiger partial charge in [0.1, 0.15) is 0 Å². The molecule has 0 N–H and O–H groups in total. The van der Waals surface area contributed by atoms with Crippen molar-refractivity contribution in [3.63, 3.8) is 0 Å². The van der Waals surface area contributed by atoms with Gasteiger partial charge in [-0.1, -0.05) is 127 Å². The average molecular weight is 682 g/mol. The van der Waals surface area contributed by atoms with Crippen LogP contribution < -0.4 is 0 Å². The van der Waals surface area contributed by atoms with E-state index in [9.17, 15) is 0 Å². The van der Waals surface area contributed by atoms with Crippen molar-refractivity contribution in [3.8, 4) is 46.5 Å². The van der Waals surface area contributed by atoms with Crippen molar-refractivity contribution >= 4 is 64.6 Å². The van der Waals surface area contributed by atoms with E-state index in [0.29, 0.717) is 0 Å². The van der Waals surface area contributed by atoms with Gasteiger partial charge in [-0.3, -0.25) is 9.97 Å². The Kier molecular flexibility index (Phi) is 6.68. The first-order valence-electron chi connectivity index (χ1n) is 18.0. The van der Waals surface area contributed by atoms with Gasteiger partial charge in [-0.2, -0.15) is 0 Å². The van der Waals surface area contributed by atoms with Crippen LogP contribution >= 0.6 is 0 Å². The van der Waals surface area contributed by atoms with Crippen LogP contribution in [0.3, 0.4) is 0 Å². The number of hydrogen-bond acceptors (Lipinski definition) is 3. The minimum Gasteiger partial charge on any atom is -0.253 e. The van der Waals surface area contributed by atoms with E-state index < -0.39 is 0 Å². The molecule has 0 radical (unpaired) electrons. The minimum absolute atomic E-state index is 0.776. The first-order valence-corrected chi connectivity index (χ1v) is 18.0. The Bertz CT molecular complexity index is 3120. The molecule has 0 aliphatic heterocycles. The molecular weight excluding hydrogens is 655 g/mol. The Labute approximate surface area is 311 Å². The zero-order valence-corrected chi connectivity index (χ0v) is 28.9. The molecule has 0 unspecified atom stereocenters. The van der Waals surface area contributed by atoms with E-state index in [-0.39, 0.29) is 0 Å². The van der Waals surface area contributed by atoms with Gasteiger partial charge < -0.3 is 0 Å². The minimum atomic E-state index is 0.776. The molecule has 0 saturated carbocycles. The summed E-state index contributed by atoms with van der Waals surface area (Å²) >= 11 is 0. The second-order valence-corrected chi connectivity index (χ2v) is 13.7. The SMILES string of the molecule is C(#Cc1ccc2ccc3cccc4ccc1c2c34)c1ccc(-c2cccc(-c3ccc(C#Cc4ccc5ccc6cccc7ccc4c5c67)cn3)n2)nc1. The largest absolute Gasteiger partial charge is 0.253 e. The number of benzene rings is 8. The maximum Gasteiger partial charge on any atom is 0.0894 e. The standard InChI is InChI=1S/C51H27N3/c1-4-36-20-22-40-18-16-34(42-26-24-38(6-1)48(36)50(40)42)14-10-32-12-28-44(52-30-32)46-8-3-9-47(54-46)45-29-13-33(31-53-45)11-15-35-17-19-41-23-21-37-5-2-7-39-25-27-43(35)51(41)49(37)39/h1-9,12-13,16-31H. The van der Waals surface area contributed by atoms with E-state index in [2.05, 4.69) is 133 Å². The third kappa shape index (κ3) is 4.92. The summed E-state index contributed by atoms with van der Waals surface area (Å²) in [6.45, 7) is 0. The normalized spacial score (nSPS) is 11.4. The van der Waals surface area contributed by atoms with Crippen molar-refractivity contribution < 1.29 is 0 Å². The molecule has 0 amide bonds. The van der Waals surface area contributed by atoms with Crippen molar-refractivity contribution in [2.75, 3.05) is 0 Å². The fourth-order valence-corrected chi connectivity index (χ4v) is 7.93. The third-order valence-electron chi connectivity index (χ3n) is 10.5. The van der Waals surface area contributed by atoms with Gasteiger partial charge >= 0.3 is 0 Å². The maximum atomic E-state index is 4.91. The Morgan fingerprint density at radius 1 is 0.296 bits per heavy atom. The molecule has 0 bridgehead atoms. The summed E-state index contributed by atoms with van der Waals surface area (Å²) in [5.41, 5.74) is 6.83. The summed E-state index contributed by atoms with van der Waals surface area (Å²) in [6, 6.07) is 53.0. The van der Waals surface area contributed by atoms with Gasteiger partial charge in [0.15, 0.2) is 0 Å². The van der Waals surface area contributed by atoms with Gasteiger partial charge in [0.2, 0.25) is 0 Å². The summed E-state index contributed by atoms with van der Waals surface area (Å²) in [5.74, 6) is 13.5. The monoisotopic (exact) mass is 681 g/mol. The molecule has 0 spiro atoms. The number of aromatic nitrogens is 3. The predicted molar refractivity (Wildman–Crippen MR) is 223 cm³/mol. The van der Waals surface area contributed by atoms with Crippen LogP contribution in [0.4, 0.5) is 0 Å². The first kappa shape index (κ1) is 30.1. The third-order valence-corrected chi connectivity index (χ3v) is 10.5. The molecule has 11 rings (SSSR count). The van der Waals surface area contributed by atoms with Gasteiger partial charge in [-0.05, 0) is 113 Å². The fourth-order valence-electron chi connectivity index (χ4n) is 7.93. The molecule has 54 heavy (non-hydrogen) atoms. The van der Waals surface area contributed by atoms with Gasteiger partial charge in [0, 0.05) is 34.6 Å². The van der Waals surface area contributed by atoms with Crippen molar-refractivity contribution in [2.45, 2.75) is 0 Å². The molecule has 0 fully saturated rings. The summed E-state index contributed by atoms with van der Waals surface area (Å²) in [7, 11) is 0. The number of pyridine rings is 3. The highest BCUT2D eigenvalue weighted by molar-refractivity contribution is 6.25. The van der Waals surface area contributed by atoms with Crippen molar-refractivity contribution in [1.29, 1.82) is 0 Å². The summed E-state index contributed by atoms with van der Waals surface area (Å²) in [4.78, 5) is 14.4. The lowest BCUT2D eigenvalue weighted by Crippen LogP contribution is -1.92. The molecule has 0 aliphatic carbocycles. The van der Waals surface area contributed by atoms with Gasteiger partial charge in [-0.15, -0.1) is 0 Å². The highest BCUT2D eigenvalue weighted by atomic mass is 14.8. The van der Waals surface area contributed by atoms with Crippen LogP contribution in [0.25, 0.3) is 87.4 Å². The van der Waals surface area contributed by atoms with Gasteiger partial charge in [0.05, 0.1) is 22.8 Å². The Balaban J connectivity index is 0.846. The summed E-state index contributed by atoms with van der Waals surface area (Å²) in [5, 5.41) is 15.0. The molecule has 8 aromatic carbocycles. The smallest absolute Gasteiger partial charge is 0.0894 e. The van der Waals surface area contributed by atoms with E-state index >= 15 is 0 Å². The quantitative estimate of drug-likeness (QED) is 0.135. The number of nitrogens with zero attached hydrogens (tertiary/aromatic N) is 3. The fraction of sp³-hybridized carbons (Fsp3) is 0. The molecule has 0 aliphatic rings. The van der Waals surface area contributed by atoms with Crippen LogP contribution in [0.15, 0.2) is 164 Å². The molecular formula is C51H27N3. The van der Waals surface area contributed by atoms with E-state index in [1.807, 2.05) is 54.9 Å². The first-order chi connectivity index (χ1) is 26.7. The lowest BCUT2D eigenvalue weighted by Gasteiger charge is -2.11. The molecule has 0 saturated heterocycles. The van der Waals surface area contributed by atoms with E-state index in [1.54, 1.807) is 0 Å². The molecule has 3 heterocycles. The molecule has 246 valence electrons. The van der Waals surface area contributed by atoms with Crippen LogP contribution in [0.5, 0.6) is 0 Å². The van der Waals surface area contributed by atoms with Crippen molar-refractivity contribution in [3.05, 3.63) is 186 Å². The lowest BCUT2D eigenvalue weighted by molar-refractivity contribution is 1.21. The van der Waals surface area contributed by atoms with Crippen molar-refractivity contribution in [2.24, 2.45) is 0 Å². The number of rotatable bonds is 2. The predicted octanol–water partition coefficient (Wildman–Crippen LogP) is 11.8. The van der Waals surface area contributed by atoms with Crippen LogP contribution in [-0.2, 0) is 0 Å². The second-order valence-electron chi connectivity index (χ2n) is 13.7. The number of hydrogen-bond donors (Lipinski definition) is 0. The van der Waals surface area contributed by atoms with E-state index in [4.69, 9.17) is 15.0 Å². The Morgan fingerprint density at radius 3 is 1.11 bits per heavy atom. The van der Waals surface area contributed by atoms with Gasteiger partial charge in [0.25, 0.3) is 0 Å². The zero-order valence-electron chi connectivity index (χ0n) is 28.9. The van der Waals surface area contributed by atoms with E-state index in [1.165, 1.54) is 64.6 Å². The molecule has 3 nitrogen and oxygen atoms in total. The van der Waals surface area contributed by atoms with Crippen LogP contribution in [0, 0.1) is 23.7 Å². The summed E-state index contributed by atoms with van der Waals surface area (Å²) in [6.07, 6.45) is 3.64. The molecule has 11 aromatic rings. The van der Waals surface area contributed by atoms with Crippen LogP contribution in [-0.4, -0.2) is 15.0 Å². The highest BCUT2D eigenvalue weighted by Crippen LogP contribution is 2.37. The van der Waals surface area contributed by atoms with E-state index in [0.717, 1.165) is 45.0 Å². The maximum absolute atomic E-state index is 4.91.